The molecule has 1 heterocycles. The Morgan fingerprint density at radius 1 is 0.950 bits per heavy atom. The number of hydrogen-bond donors (Lipinski definition) is 3. The molecule has 0 atom stereocenters. The highest BCUT2D eigenvalue weighted by Crippen LogP contribution is 2.39. The highest BCUT2D eigenvalue weighted by molar-refractivity contribution is 9.15. The van der Waals surface area contributed by atoms with Crippen molar-refractivity contribution in [1.82, 2.24) is 0 Å². The molecule has 2 aromatic rings. The van der Waals surface area contributed by atoms with Crippen LogP contribution in [0.3, 0.4) is 0 Å². The Bertz CT molecular complexity index is 695. The molecule has 0 radical (unpaired) electrons. The van der Waals surface area contributed by atoms with Crippen LogP contribution in [0.15, 0.2) is 42.6 Å². The number of benzene rings is 2. The quantitative estimate of drug-likeness (QED) is 0.747. The van der Waals surface area contributed by atoms with Crippen LogP contribution in [0.25, 0.3) is 4.48 Å². The minimum atomic E-state index is 0.0321. The molecular weight excluding hydrogens is 322 g/mol. The summed E-state index contributed by atoms with van der Waals surface area (Å²) in [5.74, 6) is 0.306. The van der Waals surface area contributed by atoms with Gasteiger partial charge in [-0.25, -0.2) is 0 Å². The molecule has 2 aromatic carbocycles. The lowest BCUT2D eigenvalue weighted by molar-refractivity contribution is 0.445. The number of halogens is 1. The van der Waals surface area contributed by atoms with Crippen molar-refractivity contribution >= 4 is 26.1 Å². The second-order valence-corrected chi connectivity index (χ2v) is 5.47. The number of phenols is 3. The fourth-order valence-corrected chi connectivity index (χ4v) is 2.85. The van der Waals surface area contributed by atoms with Gasteiger partial charge in [0.15, 0.2) is 0 Å². The summed E-state index contributed by atoms with van der Waals surface area (Å²) in [7, 11) is 0. The molecule has 0 bridgehead atoms. The van der Waals surface area contributed by atoms with Gasteiger partial charge in [0, 0.05) is 33.6 Å². The molecule has 5 heteroatoms. The summed E-state index contributed by atoms with van der Waals surface area (Å²) in [4.78, 5) is 1.95. The third kappa shape index (κ3) is 2.20. The van der Waals surface area contributed by atoms with Crippen LogP contribution in [-0.2, 0) is 6.54 Å². The Morgan fingerprint density at radius 2 is 1.65 bits per heavy atom. The van der Waals surface area contributed by atoms with Crippen LogP contribution in [0, 0.1) is 0 Å². The van der Waals surface area contributed by atoms with Gasteiger partial charge in [-0.2, -0.15) is 0 Å². The fourth-order valence-electron chi connectivity index (χ4n) is 2.25. The van der Waals surface area contributed by atoms with Gasteiger partial charge in [-0.3, -0.25) is 0 Å². The van der Waals surface area contributed by atoms with E-state index in [0.717, 1.165) is 21.3 Å². The normalized spacial score (nSPS) is 13.8. The van der Waals surface area contributed by atoms with Gasteiger partial charge in [0.1, 0.15) is 17.2 Å². The van der Waals surface area contributed by atoms with E-state index in [1.165, 1.54) is 6.07 Å². The minimum absolute atomic E-state index is 0.0321. The molecule has 3 N–H and O–H groups in total. The molecule has 0 aliphatic carbocycles. The molecule has 102 valence electrons. The Balaban J connectivity index is 2.04. The molecule has 0 saturated heterocycles. The zero-order valence-electron chi connectivity index (χ0n) is 10.4. The Morgan fingerprint density at radius 3 is 2.35 bits per heavy atom. The lowest BCUT2D eigenvalue weighted by Gasteiger charge is -2.28. The van der Waals surface area contributed by atoms with E-state index in [9.17, 15) is 15.3 Å². The summed E-state index contributed by atoms with van der Waals surface area (Å²) in [6, 6.07) is 9.78. The van der Waals surface area contributed by atoms with Gasteiger partial charge in [-0.15, -0.1) is 0 Å². The molecule has 0 fully saturated rings. The lowest BCUT2D eigenvalue weighted by atomic mass is 10.0. The molecule has 1 aliphatic rings. The van der Waals surface area contributed by atoms with Gasteiger partial charge in [0.25, 0.3) is 0 Å². The smallest absolute Gasteiger partial charge is 0.124 e. The number of rotatable bonds is 1. The second kappa shape index (κ2) is 4.76. The first kappa shape index (κ1) is 12.9. The molecule has 3 rings (SSSR count). The number of fused-ring (bicyclic) bond motifs is 1. The largest absolute Gasteiger partial charge is 0.508 e. The van der Waals surface area contributed by atoms with Crippen molar-refractivity contribution < 1.29 is 15.3 Å². The maximum atomic E-state index is 9.99. The van der Waals surface area contributed by atoms with Crippen molar-refractivity contribution in [2.24, 2.45) is 0 Å². The zero-order valence-corrected chi connectivity index (χ0v) is 12.0. The number of phenolic OH excluding ortho intramolecular Hbond substituents is 3. The Labute approximate surface area is 124 Å². The summed E-state index contributed by atoms with van der Waals surface area (Å²) < 4.78 is 0.776. The third-order valence-corrected chi connectivity index (χ3v) is 3.88. The predicted molar refractivity (Wildman–Crippen MR) is 81.0 cm³/mol. The van der Waals surface area contributed by atoms with E-state index in [1.54, 1.807) is 30.3 Å². The van der Waals surface area contributed by atoms with Gasteiger partial charge in [0.2, 0.25) is 0 Å². The van der Waals surface area contributed by atoms with E-state index in [2.05, 4.69) is 15.9 Å². The number of anilines is 1. The average Bonchev–Trinajstić information content (AvgIpc) is 2.40. The standard InChI is InChI=1S/C15H12BrNO3/c16-14-8-17(9-1-3-10(18)4-2-9)7-13-12(14)5-11(19)6-15(13)20/h1-6,8,18-20H,7H2. The number of aromatic hydroxyl groups is 3. The van der Waals surface area contributed by atoms with Crippen molar-refractivity contribution in [3.63, 3.8) is 0 Å². The molecule has 20 heavy (non-hydrogen) atoms. The summed E-state index contributed by atoms with van der Waals surface area (Å²) in [6.07, 6.45) is 1.88. The molecular formula is C15H12BrNO3. The van der Waals surface area contributed by atoms with Crippen LogP contribution >= 0.6 is 15.9 Å². The SMILES string of the molecule is Oc1ccc(N2C=C(Br)c3cc(O)cc(O)c3C2)cc1. The molecule has 0 unspecified atom stereocenters. The van der Waals surface area contributed by atoms with Crippen LogP contribution < -0.4 is 4.90 Å². The summed E-state index contributed by atoms with van der Waals surface area (Å²) in [6.45, 7) is 0.487. The van der Waals surface area contributed by atoms with E-state index in [1.807, 2.05) is 11.1 Å². The summed E-state index contributed by atoms with van der Waals surface area (Å²) >= 11 is 3.46. The first-order valence-corrected chi connectivity index (χ1v) is 6.82. The first-order valence-electron chi connectivity index (χ1n) is 6.03. The van der Waals surface area contributed by atoms with Crippen LogP contribution in [0.2, 0.25) is 0 Å². The van der Waals surface area contributed by atoms with Crippen molar-refractivity contribution in [2.75, 3.05) is 4.90 Å². The maximum absolute atomic E-state index is 9.99. The molecule has 0 saturated carbocycles. The predicted octanol–water partition coefficient (Wildman–Crippen LogP) is 3.52. The lowest BCUT2D eigenvalue weighted by Crippen LogP contribution is -2.20. The molecule has 4 nitrogen and oxygen atoms in total. The van der Waals surface area contributed by atoms with E-state index >= 15 is 0 Å². The van der Waals surface area contributed by atoms with Crippen molar-refractivity contribution in [2.45, 2.75) is 6.54 Å². The Hall–Kier alpha value is -2.14. The van der Waals surface area contributed by atoms with E-state index in [0.29, 0.717) is 6.54 Å². The maximum Gasteiger partial charge on any atom is 0.124 e. The minimum Gasteiger partial charge on any atom is -0.508 e. The number of nitrogens with zero attached hydrogens (tertiary/aromatic N) is 1. The first-order chi connectivity index (χ1) is 9.54. The molecule has 1 aliphatic heterocycles. The highest BCUT2D eigenvalue weighted by Gasteiger charge is 2.21. The van der Waals surface area contributed by atoms with E-state index < -0.39 is 0 Å². The fraction of sp³-hybridized carbons (Fsp3) is 0.0667. The molecule has 0 aromatic heterocycles. The van der Waals surface area contributed by atoms with Crippen LogP contribution in [0.4, 0.5) is 5.69 Å². The third-order valence-electron chi connectivity index (χ3n) is 3.25. The van der Waals surface area contributed by atoms with Crippen molar-refractivity contribution in [3.05, 3.63) is 53.7 Å². The van der Waals surface area contributed by atoms with Gasteiger partial charge < -0.3 is 20.2 Å². The van der Waals surface area contributed by atoms with Crippen LogP contribution in [-0.4, -0.2) is 15.3 Å². The number of hydrogen-bond acceptors (Lipinski definition) is 4. The van der Waals surface area contributed by atoms with Crippen LogP contribution in [0.5, 0.6) is 17.2 Å². The van der Waals surface area contributed by atoms with Crippen molar-refractivity contribution in [3.8, 4) is 17.2 Å². The zero-order chi connectivity index (χ0) is 14.3. The van der Waals surface area contributed by atoms with Gasteiger partial charge in [-0.1, -0.05) is 0 Å². The van der Waals surface area contributed by atoms with E-state index in [-0.39, 0.29) is 17.2 Å². The highest BCUT2D eigenvalue weighted by atomic mass is 79.9. The summed E-state index contributed by atoms with van der Waals surface area (Å²) in [5.41, 5.74) is 2.42. The monoisotopic (exact) mass is 333 g/mol. The molecule has 0 spiro atoms. The summed E-state index contributed by atoms with van der Waals surface area (Å²) in [5, 5.41) is 28.9. The second-order valence-electron chi connectivity index (χ2n) is 4.61. The average molecular weight is 334 g/mol. The molecule has 0 amide bonds. The van der Waals surface area contributed by atoms with Gasteiger partial charge >= 0.3 is 0 Å². The van der Waals surface area contributed by atoms with E-state index in [4.69, 9.17) is 0 Å². The van der Waals surface area contributed by atoms with Gasteiger partial charge in [0.05, 0.1) is 6.54 Å². The Kier molecular flexibility index (Phi) is 3.06. The van der Waals surface area contributed by atoms with Crippen LogP contribution in [0.1, 0.15) is 11.1 Å². The topological polar surface area (TPSA) is 63.9 Å². The van der Waals surface area contributed by atoms with Crippen molar-refractivity contribution in [1.29, 1.82) is 0 Å². The van der Waals surface area contributed by atoms with Gasteiger partial charge in [-0.05, 0) is 46.3 Å².